The van der Waals surface area contributed by atoms with Gasteiger partial charge in [-0.25, -0.2) is 4.39 Å². The molecule has 5 aliphatic rings. The molecule has 8 N–H and O–H groups in total. The number of benzene rings is 8. The standard InChI is InChI=1S/C28H29NO7.C27H32N2O5.C27H27NO6.C26H24FNO5/c1-16-19(9-17-10-25(34-4)28(31)26(11-17)35-5)21-12-23(32-2)24(33-3)13-22(21)20(16)14-27(30)29-15-18-7-6-8-36-18;1-16-21(10-17-11-24(33-4)27(31)25(12-17)34-5)20-7-6-19(32-3)13-23(20)22(16)14-26(30)28-18-8-9-29(2)15-18;1-16-21(10-17-11-24(32-3)27(30)25(12-17)33-4)20-8-7-18(31-2)13-23(20)22(16)14-26(29)28-15-19-6-5-9-34-19;1-15-20(9-16-10-23(31-2)26(30)24(11-16)32-3)19-7-6-17(27)12-22(19)21(15)13-25(29)28-14-18-5-4-8-33-18/h6-13,31H,14-15H2,1-5H3,(H,29,30);6-7,10-13,18,31H,8-9,14-15H2,1-5H3,(H,28,30);5-13,30H,14-15H2,1-4H3,(H,28,29);4-12,30H,13-14H2,1-3H3,(H,28,29)/b19-9-;2*21-10-;20-9-. The highest BCUT2D eigenvalue weighted by Gasteiger charge is 2.34. The van der Waals surface area contributed by atoms with E-state index in [9.17, 15) is 44.0 Å². The van der Waals surface area contributed by atoms with Gasteiger partial charge in [-0.2, -0.15) is 0 Å². The van der Waals surface area contributed by atoms with Crippen LogP contribution in [0.4, 0.5) is 4.39 Å². The van der Waals surface area contributed by atoms with Gasteiger partial charge >= 0.3 is 0 Å². The quantitative estimate of drug-likeness (QED) is 0.0200. The molecule has 1 saturated heterocycles. The number of methoxy groups -OCH3 is 12. The van der Waals surface area contributed by atoms with E-state index in [2.05, 4.69) is 33.2 Å². The molecular formula is C108H112FN5O23. The highest BCUT2D eigenvalue weighted by Crippen LogP contribution is 2.53. The second-order valence-electron chi connectivity index (χ2n) is 32.6. The fourth-order valence-electron chi connectivity index (χ4n) is 17.2. The molecule has 8 aromatic carbocycles. The van der Waals surface area contributed by atoms with Crippen LogP contribution < -0.4 is 78.1 Å². The van der Waals surface area contributed by atoms with Crippen LogP contribution in [0, 0.1) is 5.82 Å². The van der Waals surface area contributed by atoms with E-state index in [1.54, 1.807) is 126 Å². The van der Waals surface area contributed by atoms with Gasteiger partial charge in [0.25, 0.3) is 0 Å². The van der Waals surface area contributed by atoms with Crippen molar-refractivity contribution in [2.45, 2.75) is 85.5 Å². The maximum atomic E-state index is 14.1. The summed E-state index contributed by atoms with van der Waals surface area (Å²) in [4.78, 5) is 53.5. The van der Waals surface area contributed by atoms with Crippen molar-refractivity contribution in [2.75, 3.05) is 105 Å². The summed E-state index contributed by atoms with van der Waals surface area (Å²) in [7, 11) is 20.4. The zero-order valence-electron chi connectivity index (χ0n) is 79.5. The van der Waals surface area contributed by atoms with Crippen molar-refractivity contribution in [1.82, 2.24) is 26.2 Å². The molecule has 3 aromatic heterocycles. The minimum atomic E-state index is -0.371. The van der Waals surface area contributed by atoms with E-state index in [1.807, 2.05) is 113 Å². The molecule has 0 spiro atoms. The smallest absolute Gasteiger partial charge is 0.224 e. The zero-order valence-corrected chi connectivity index (χ0v) is 79.5. The van der Waals surface area contributed by atoms with Gasteiger partial charge in [0.1, 0.15) is 34.6 Å². The van der Waals surface area contributed by atoms with E-state index in [1.165, 1.54) is 69.0 Å². The topological polar surface area (TPSA) is 351 Å². The Balaban J connectivity index is 0.000000154. The predicted molar refractivity (Wildman–Crippen MR) is 523 cm³/mol. The first kappa shape index (κ1) is 98.6. The summed E-state index contributed by atoms with van der Waals surface area (Å²) in [5.74, 6) is 6.10. The molecule has 1 atom stereocenters. The lowest BCUT2D eigenvalue weighted by molar-refractivity contribution is -0.121. The van der Waals surface area contributed by atoms with Crippen molar-refractivity contribution < 1.29 is 114 Å². The first-order valence-corrected chi connectivity index (χ1v) is 43.9. The largest absolute Gasteiger partial charge is 0.502 e. The van der Waals surface area contributed by atoms with Gasteiger partial charge in [-0.3, -0.25) is 19.2 Å². The summed E-state index contributed by atoms with van der Waals surface area (Å²) in [6.07, 6.45) is 14.4. The highest BCUT2D eigenvalue weighted by atomic mass is 19.1. The van der Waals surface area contributed by atoms with Crippen LogP contribution in [0.5, 0.6) is 92.0 Å². The molecule has 16 rings (SSSR count). The molecule has 0 bridgehead atoms. The van der Waals surface area contributed by atoms with Gasteiger partial charge in [0, 0.05) is 12.6 Å². The van der Waals surface area contributed by atoms with E-state index in [0.29, 0.717) is 94.1 Å². The Morgan fingerprint density at radius 3 is 0.905 bits per heavy atom. The summed E-state index contributed by atoms with van der Waals surface area (Å²) in [5.41, 5.74) is 21.5. The van der Waals surface area contributed by atoms with Gasteiger partial charge in [-0.05, 0) is 339 Å². The van der Waals surface area contributed by atoms with Crippen molar-refractivity contribution in [3.05, 3.63) is 283 Å². The highest BCUT2D eigenvalue weighted by molar-refractivity contribution is 6.12. The van der Waals surface area contributed by atoms with Crippen molar-refractivity contribution in [3.63, 3.8) is 0 Å². The van der Waals surface area contributed by atoms with E-state index in [-0.39, 0.29) is 95.8 Å². The lowest BCUT2D eigenvalue weighted by Crippen LogP contribution is -2.36. The maximum Gasteiger partial charge on any atom is 0.224 e. The number of amides is 4. The molecule has 0 saturated carbocycles. The van der Waals surface area contributed by atoms with Crippen LogP contribution in [0.2, 0.25) is 0 Å². The minimum absolute atomic E-state index is 0.0256. The Kier molecular flexibility index (Phi) is 32.2. The van der Waals surface area contributed by atoms with Gasteiger partial charge in [0.2, 0.25) is 46.6 Å². The number of carbonyl (C=O) groups excluding carboxylic acids is 4. The molecule has 1 aliphatic heterocycles. The SMILES string of the molecule is COc1cc(/C=C2/C(C)=C(CC(=O)NCc3ccco3)c3cc(F)ccc32)cc(OC)c1O.COc1cc2c(cc1OC)/C(=C\c1cc(OC)c(O)c(OC)c1)C(C)=C2CC(=O)NCc1ccco1.COc1ccc2c(c1)C(CC(=O)NC1CCN(C)C1)=C(C)/C2=C/c1cc(OC)c(O)c(OC)c1.COc1ccc2c(c1)C(CC(=O)NCc1ccco1)=C(C)/C2=C/c1cc(OC)c(O)c(OC)c1. The summed E-state index contributed by atoms with van der Waals surface area (Å²) in [6, 6.07) is 45.0. The molecule has 4 aliphatic carbocycles. The van der Waals surface area contributed by atoms with E-state index < -0.39 is 0 Å². The lowest BCUT2D eigenvalue weighted by atomic mass is 9.99. The van der Waals surface area contributed by atoms with Crippen LogP contribution in [0.25, 0.3) is 68.9 Å². The maximum absolute atomic E-state index is 14.1. The zero-order chi connectivity index (χ0) is 98.0. The number of allylic oxidation sites excluding steroid dienone is 8. The third-order valence-corrected chi connectivity index (χ3v) is 24.3. The van der Waals surface area contributed by atoms with Crippen molar-refractivity contribution in [3.8, 4) is 92.0 Å². The van der Waals surface area contributed by atoms with Gasteiger partial charge in [0.15, 0.2) is 57.5 Å². The first-order valence-electron chi connectivity index (χ1n) is 43.9. The van der Waals surface area contributed by atoms with Crippen LogP contribution in [-0.4, -0.2) is 160 Å². The number of rotatable bonds is 31. The average molecular weight is 1870 g/mol. The van der Waals surface area contributed by atoms with Crippen LogP contribution in [0.1, 0.15) is 144 Å². The summed E-state index contributed by atoms with van der Waals surface area (Å²) in [6.45, 7) is 10.7. The minimum Gasteiger partial charge on any atom is -0.502 e. The van der Waals surface area contributed by atoms with Crippen LogP contribution >= 0.6 is 0 Å². The summed E-state index contributed by atoms with van der Waals surface area (Å²) in [5, 5.41) is 52.9. The second-order valence-corrected chi connectivity index (χ2v) is 32.6. The molecule has 4 heterocycles. The Morgan fingerprint density at radius 2 is 0.628 bits per heavy atom. The third kappa shape index (κ3) is 22.6. The molecule has 714 valence electrons. The molecule has 1 unspecified atom stereocenters. The normalized spacial score (nSPS) is 15.0. The Morgan fingerprint density at radius 1 is 0.350 bits per heavy atom. The fraction of sp³-hybridized carbons (Fsp3) is 0.259. The molecule has 4 amide bonds. The molecule has 0 radical (unpaired) electrons. The molecule has 29 heteroatoms. The number of fused-ring (bicyclic) bond motifs is 4. The summed E-state index contributed by atoms with van der Waals surface area (Å²) < 4.78 is 94.3. The van der Waals surface area contributed by atoms with Crippen LogP contribution in [0.3, 0.4) is 0 Å². The first-order chi connectivity index (χ1) is 66.1. The fourth-order valence-corrected chi connectivity index (χ4v) is 17.2. The van der Waals surface area contributed by atoms with Crippen LogP contribution in [0.15, 0.2) is 206 Å². The number of nitrogens with zero attached hydrogens (tertiary/aromatic N) is 1. The number of furan rings is 3. The molecule has 11 aromatic rings. The summed E-state index contributed by atoms with van der Waals surface area (Å²) >= 11 is 0. The van der Waals surface area contributed by atoms with Crippen molar-refractivity contribution >= 4 is 92.5 Å². The van der Waals surface area contributed by atoms with Crippen molar-refractivity contribution in [2.24, 2.45) is 0 Å². The number of likely N-dealkylation sites (N-methyl/N-ethyl adjacent to an activating group) is 1. The number of halogens is 1. The number of carbonyl (C=O) groups is 4. The molecular weight excluding hydrogens is 1750 g/mol. The number of aromatic hydroxyl groups is 4. The molecule has 28 nitrogen and oxygen atoms in total. The Bertz CT molecular complexity index is 6510. The number of phenolic OH excluding ortho intramolecular Hbond substituents is 4. The predicted octanol–water partition coefficient (Wildman–Crippen LogP) is 19.2. The number of phenols is 4. The van der Waals surface area contributed by atoms with Gasteiger partial charge in [0.05, 0.1) is 149 Å². The van der Waals surface area contributed by atoms with E-state index >= 15 is 0 Å². The monoisotopic (exact) mass is 1870 g/mol. The number of hydrogen-bond acceptors (Lipinski definition) is 24. The van der Waals surface area contributed by atoms with E-state index in [0.717, 1.165) is 153 Å². The average Bonchev–Trinajstić information content (AvgIpc) is 1.52. The van der Waals surface area contributed by atoms with Gasteiger partial charge in [-0.1, -0.05) is 18.2 Å². The Hall–Kier alpha value is -15.9. The Labute approximate surface area is 794 Å². The third-order valence-electron chi connectivity index (χ3n) is 24.3. The van der Waals surface area contributed by atoms with Gasteiger partial charge in [-0.15, -0.1) is 0 Å². The number of nitrogens with one attached hydrogen (secondary N) is 4. The van der Waals surface area contributed by atoms with Gasteiger partial charge < -0.3 is 117 Å². The van der Waals surface area contributed by atoms with Crippen molar-refractivity contribution in [1.29, 1.82) is 0 Å². The molecule has 137 heavy (non-hydrogen) atoms. The van der Waals surface area contributed by atoms with E-state index in [4.69, 9.17) is 70.1 Å². The number of ether oxygens (including phenoxy) is 12. The number of hydrogen-bond donors (Lipinski definition) is 8. The number of likely N-dealkylation sites (tertiary alicyclic amines) is 1. The second kappa shape index (κ2) is 44.7. The molecule has 1 fully saturated rings. The van der Waals surface area contributed by atoms with Crippen LogP contribution in [-0.2, 0) is 38.8 Å². The lowest BCUT2D eigenvalue weighted by Gasteiger charge is -2.14.